The zero-order chi connectivity index (χ0) is 21.6. The van der Waals surface area contributed by atoms with Crippen molar-refractivity contribution in [2.45, 2.75) is 69.7 Å². The van der Waals surface area contributed by atoms with Gasteiger partial charge in [-0.3, -0.25) is 14.4 Å². The molecule has 3 aliphatic rings. The number of carboxylic acid groups (broad SMARTS) is 1. The molecule has 0 aromatic rings. The molecule has 5 atom stereocenters. The number of aliphatic hydroxyl groups excluding tert-OH is 1. The van der Waals surface area contributed by atoms with Crippen LogP contribution < -0.4 is 0 Å². The van der Waals surface area contributed by atoms with E-state index in [2.05, 4.69) is 6.58 Å². The van der Waals surface area contributed by atoms with Crippen molar-refractivity contribution >= 4 is 17.8 Å². The summed E-state index contributed by atoms with van der Waals surface area (Å²) in [5.41, 5.74) is -1.59. The maximum Gasteiger partial charge on any atom is 0.310 e. The second-order valence-electron chi connectivity index (χ2n) is 9.26. The lowest BCUT2D eigenvalue weighted by Gasteiger charge is -2.42. The summed E-state index contributed by atoms with van der Waals surface area (Å²) in [5, 5.41) is 18.9. The molecule has 8 heteroatoms. The van der Waals surface area contributed by atoms with E-state index in [4.69, 9.17) is 9.84 Å². The quantitative estimate of drug-likeness (QED) is 0.459. The molecule has 2 bridgehead atoms. The third-order valence-corrected chi connectivity index (χ3v) is 6.51. The molecule has 2 unspecified atom stereocenters. The number of carbonyl (C=O) groups is 3. The van der Waals surface area contributed by atoms with Crippen molar-refractivity contribution in [2.24, 2.45) is 11.8 Å². The highest BCUT2D eigenvalue weighted by molar-refractivity contribution is 5.98. The van der Waals surface area contributed by atoms with Gasteiger partial charge in [0.15, 0.2) is 0 Å². The van der Waals surface area contributed by atoms with E-state index in [0.29, 0.717) is 38.8 Å². The van der Waals surface area contributed by atoms with Gasteiger partial charge in [-0.05, 0) is 46.5 Å². The molecule has 3 heterocycles. The summed E-state index contributed by atoms with van der Waals surface area (Å²) in [4.78, 5) is 42.3. The Balaban J connectivity index is 2.03. The zero-order valence-corrected chi connectivity index (χ0v) is 17.5. The first-order valence-corrected chi connectivity index (χ1v) is 10.3. The van der Waals surface area contributed by atoms with Crippen molar-refractivity contribution in [1.82, 2.24) is 9.80 Å². The second kappa shape index (κ2) is 7.72. The van der Waals surface area contributed by atoms with Crippen LogP contribution in [-0.4, -0.2) is 80.8 Å². The number of aliphatic carboxylic acids is 1. The molecule has 0 saturated carbocycles. The zero-order valence-electron chi connectivity index (χ0n) is 17.5. The lowest BCUT2D eigenvalue weighted by Crippen LogP contribution is -2.59. The molecular formula is C21H32N2O6. The SMILES string of the molecule is C=CCN(C(=O)C1N(CCCCO)C(=O)[C@@H]2[C@H](C(=O)O)[C@@H]3CCC12O3)C(C)(C)C. The third kappa shape index (κ3) is 3.36. The fourth-order valence-electron chi connectivity index (χ4n) is 5.32. The molecule has 3 aliphatic heterocycles. The molecule has 0 aromatic carbocycles. The molecule has 3 rings (SSSR count). The molecule has 3 fully saturated rings. The van der Waals surface area contributed by atoms with E-state index >= 15 is 0 Å². The topological polar surface area (TPSA) is 107 Å². The number of aliphatic hydroxyl groups is 1. The van der Waals surface area contributed by atoms with E-state index in [9.17, 15) is 19.5 Å². The highest BCUT2D eigenvalue weighted by Crippen LogP contribution is 2.58. The van der Waals surface area contributed by atoms with Crippen molar-refractivity contribution in [3.05, 3.63) is 12.7 Å². The monoisotopic (exact) mass is 408 g/mol. The lowest BCUT2D eigenvalue weighted by atomic mass is 9.70. The largest absolute Gasteiger partial charge is 0.481 e. The number of carbonyl (C=O) groups excluding carboxylic acids is 2. The maximum absolute atomic E-state index is 13.8. The standard InChI is InChI=1S/C21H32N2O6/c1-5-10-23(20(2,3)4)18(26)16-21-9-8-13(29-21)14(19(27)28)15(21)17(25)22(16)11-6-7-12-24/h5,13-16,24H,1,6-12H2,2-4H3,(H,27,28)/t13-,14+,15-,16?,21?/m0/s1. The van der Waals surface area contributed by atoms with Crippen molar-refractivity contribution < 1.29 is 29.3 Å². The minimum absolute atomic E-state index is 0.00385. The fourth-order valence-corrected chi connectivity index (χ4v) is 5.32. The number of likely N-dealkylation sites (tertiary alicyclic amines) is 1. The van der Waals surface area contributed by atoms with Gasteiger partial charge < -0.3 is 24.7 Å². The number of ether oxygens (including phenoxy) is 1. The minimum Gasteiger partial charge on any atom is -0.481 e. The van der Waals surface area contributed by atoms with Crippen LogP contribution in [0.4, 0.5) is 0 Å². The first-order valence-electron chi connectivity index (χ1n) is 10.3. The molecule has 8 nitrogen and oxygen atoms in total. The number of rotatable bonds is 8. The molecule has 0 aliphatic carbocycles. The van der Waals surface area contributed by atoms with Crippen LogP contribution in [0.2, 0.25) is 0 Å². The van der Waals surface area contributed by atoms with Crippen molar-refractivity contribution in [1.29, 1.82) is 0 Å². The second-order valence-corrected chi connectivity index (χ2v) is 9.26. The Morgan fingerprint density at radius 1 is 1.38 bits per heavy atom. The normalized spacial score (nSPS) is 33.1. The molecule has 0 radical (unpaired) electrons. The molecule has 0 aromatic heterocycles. The predicted octanol–water partition coefficient (Wildman–Crippen LogP) is 1.03. The average Bonchev–Trinajstić information content (AvgIpc) is 3.26. The number of hydrogen-bond acceptors (Lipinski definition) is 5. The molecule has 2 amide bonds. The Labute approximate surface area is 171 Å². The van der Waals surface area contributed by atoms with Crippen LogP contribution in [0.1, 0.15) is 46.5 Å². The van der Waals surface area contributed by atoms with Crippen LogP contribution in [0.25, 0.3) is 0 Å². The van der Waals surface area contributed by atoms with Gasteiger partial charge in [0.05, 0.1) is 17.9 Å². The van der Waals surface area contributed by atoms with E-state index < -0.39 is 41.1 Å². The van der Waals surface area contributed by atoms with Gasteiger partial charge in [-0.1, -0.05) is 6.08 Å². The van der Waals surface area contributed by atoms with Gasteiger partial charge in [-0.25, -0.2) is 0 Å². The Kier molecular flexibility index (Phi) is 5.80. The van der Waals surface area contributed by atoms with Crippen molar-refractivity contribution in [2.75, 3.05) is 19.7 Å². The highest BCUT2D eigenvalue weighted by atomic mass is 16.5. The Morgan fingerprint density at radius 2 is 2.07 bits per heavy atom. The summed E-state index contributed by atoms with van der Waals surface area (Å²) >= 11 is 0. The summed E-state index contributed by atoms with van der Waals surface area (Å²) < 4.78 is 6.17. The van der Waals surface area contributed by atoms with Crippen LogP contribution in [-0.2, 0) is 19.1 Å². The fraction of sp³-hybridized carbons (Fsp3) is 0.762. The smallest absolute Gasteiger partial charge is 0.310 e. The maximum atomic E-state index is 13.8. The number of unbranched alkanes of at least 4 members (excludes halogenated alkanes) is 1. The van der Waals surface area contributed by atoms with Gasteiger partial charge in [0, 0.05) is 25.2 Å². The number of fused-ring (bicyclic) bond motifs is 1. The summed E-state index contributed by atoms with van der Waals surface area (Å²) in [7, 11) is 0. The van der Waals surface area contributed by atoms with Gasteiger partial charge in [0.1, 0.15) is 11.6 Å². The summed E-state index contributed by atoms with van der Waals surface area (Å²) in [6.45, 7) is 10.1. The van der Waals surface area contributed by atoms with E-state index in [1.807, 2.05) is 20.8 Å². The molecule has 3 saturated heterocycles. The van der Waals surface area contributed by atoms with E-state index in [0.717, 1.165) is 0 Å². The Bertz CT molecular complexity index is 702. The number of hydrogen-bond donors (Lipinski definition) is 2. The molecule has 1 spiro atoms. The molecule has 2 N–H and O–H groups in total. The van der Waals surface area contributed by atoms with Crippen LogP contribution in [0.15, 0.2) is 12.7 Å². The first-order chi connectivity index (χ1) is 13.6. The van der Waals surface area contributed by atoms with Crippen LogP contribution in [0, 0.1) is 11.8 Å². The number of nitrogens with zero attached hydrogens (tertiary/aromatic N) is 2. The Morgan fingerprint density at radius 3 is 2.62 bits per heavy atom. The van der Waals surface area contributed by atoms with Gasteiger partial charge >= 0.3 is 5.97 Å². The number of carboxylic acids is 1. The number of amides is 2. The lowest BCUT2D eigenvalue weighted by molar-refractivity contribution is -0.152. The summed E-state index contributed by atoms with van der Waals surface area (Å²) in [6, 6.07) is -0.854. The van der Waals surface area contributed by atoms with Gasteiger partial charge in [0.25, 0.3) is 0 Å². The summed E-state index contributed by atoms with van der Waals surface area (Å²) in [5.74, 6) is -3.35. The van der Waals surface area contributed by atoms with Crippen molar-refractivity contribution in [3.8, 4) is 0 Å². The van der Waals surface area contributed by atoms with Gasteiger partial charge in [-0.2, -0.15) is 0 Å². The van der Waals surface area contributed by atoms with Crippen molar-refractivity contribution in [3.63, 3.8) is 0 Å². The Hall–Kier alpha value is -1.93. The van der Waals surface area contributed by atoms with Gasteiger partial charge in [-0.15, -0.1) is 6.58 Å². The third-order valence-electron chi connectivity index (χ3n) is 6.51. The molecule has 29 heavy (non-hydrogen) atoms. The van der Waals surface area contributed by atoms with Crippen LogP contribution in [0.5, 0.6) is 0 Å². The van der Waals surface area contributed by atoms with E-state index in [-0.39, 0.29) is 18.4 Å². The minimum atomic E-state index is -1.09. The van der Waals surface area contributed by atoms with Gasteiger partial charge in [0.2, 0.25) is 11.8 Å². The molecular weight excluding hydrogens is 376 g/mol. The average molecular weight is 408 g/mol. The summed E-state index contributed by atoms with van der Waals surface area (Å²) in [6.07, 6.45) is 3.19. The predicted molar refractivity (Wildman–Crippen MR) is 105 cm³/mol. The molecule has 162 valence electrons. The van der Waals surface area contributed by atoms with Crippen LogP contribution in [0.3, 0.4) is 0 Å². The van der Waals surface area contributed by atoms with E-state index in [1.54, 1.807) is 11.0 Å². The highest BCUT2D eigenvalue weighted by Gasteiger charge is 2.74. The van der Waals surface area contributed by atoms with Crippen LogP contribution >= 0.6 is 0 Å². The first kappa shape index (κ1) is 21.8. The van der Waals surface area contributed by atoms with E-state index in [1.165, 1.54) is 4.90 Å².